The van der Waals surface area contributed by atoms with E-state index in [9.17, 15) is 9.59 Å². The van der Waals surface area contributed by atoms with Gasteiger partial charge in [-0.3, -0.25) is 0 Å². The summed E-state index contributed by atoms with van der Waals surface area (Å²) in [6, 6.07) is 49.2. The minimum atomic E-state index is -1.19. The Kier molecular flexibility index (Phi) is 13.5. The van der Waals surface area contributed by atoms with Crippen molar-refractivity contribution in [3.05, 3.63) is 191 Å². The van der Waals surface area contributed by atoms with Crippen LogP contribution < -0.4 is 0 Å². The topological polar surface area (TPSA) is 102 Å². The molecule has 0 atom stereocenters. The fourth-order valence-electron chi connectivity index (χ4n) is 10.9. The zero-order valence-electron chi connectivity index (χ0n) is 40.3. The molecule has 6 aromatic carbocycles. The zero-order chi connectivity index (χ0) is 48.1. The molecular weight excluding hydrogens is 865 g/mol. The van der Waals surface area contributed by atoms with E-state index in [1.54, 1.807) is 19.4 Å². The fraction of sp³-hybridized carbons (Fsp3) is 0.290. The van der Waals surface area contributed by atoms with Gasteiger partial charge >= 0.3 is 11.9 Å². The Morgan fingerprint density at radius 3 is 1.40 bits per heavy atom. The summed E-state index contributed by atoms with van der Waals surface area (Å²) in [5.41, 5.74) is 11.7. The van der Waals surface area contributed by atoms with E-state index < -0.39 is 23.1 Å². The Bertz CT molecular complexity index is 2940. The van der Waals surface area contributed by atoms with E-state index in [2.05, 4.69) is 79.3 Å². The molecule has 2 saturated carbocycles. The summed E-state index contributed by atoms with van der Waals surface area (Å²) in [6.07, 6.45) is 14.9. The summed E-state index contributed by atoms with van der Waals surface area (Å²) < 4.78 is 12.8. The highest BCUT2D eigenvalue weighted by Crippen LogP contribution is 2.42. The normalized spacial score (nSPS) is 21.2. The number of fused-ring (bicyclic) bond motifs is 6. The second kappa shape index (κ2) is 20.3. The van der Waals surface area contributed by atoms with Gasteiger partial charge in [-0.1, -0.05) is 173 Å². The molecule has 8 nitrogen and oxygen atoms in total. The molecule has 0 spiro atoms. The van der Waals surface area contributed by atoms with Crippen LogP contribution in [0.15, 0.2) is 178 Å². The predicted octanol–water partition coefficient (Wildman–Crippen LogP) is 14.5. The lowest BCUT2D eigenvalue weighted by atomic mass is 9.76. The first kappa shape index (κ1) is 46.4. The number of ether oxygens (including phenoxy) is 2. The lowest BCUT2D eigenvalue weighted by molar-refractivity contribution is -0.152. The minimum absolute atomic E-state index is 0.267. The molecule has 4 aliphatic carbocycles. The standard InChI is InChI=1S/C62H60N4O4/c1-4-5-6-15-43-24-26-44(27-25-43)45-28-30-46(31-29-45)47-32-34-48(35-33-47)60(68)70-62(41-64-66-58-55-22-13-9-18-51(55)52-19-10-14-23-56(52)58)38-36-61(37-39-62,69-59(67)42(2)3)40-63-65-57-53-20-11-7-16-49(53)50-17-8-12-21-54(50)57/h7-14,16-23,28-35,40-41,43-44H,2,4-6,15,24-27,36-39H2,1,3H3/b63-40+,64-41+. The number of esters is 2. The van der Waals surface area contributed by atoms with E-state index in [-0.39, 0.29) is 31.3 Å². The average molecular weight is 925 g/mol. The van der Waals surface area contributed by atoms with Gasteiger partial charge in [-0.15, -0.1) is 0 Å². The monoisotopic (exact) mass is 924 g/mol. The minimum Gasteiger partial charge on any atom is -0.450 e. The van der Waals surface area contributed by atoms with E-state index in [1.165, 1.54) is 56.9 Å². The summed E-state index contributed by atoms with van der Waals surface area (Å²) >= 11 is 0. The van der Waals surface area contributed by atoms with Crippen molar-refractivity contribution in [1.82, 2.24) is 0 Å². The third-order valence-corrected chi connectivity index (χ3v) is 15.0. The molecule has 4 aliphatic rings. The van der Waals surface area contributed by atoms with Crippen LogP contribution in [0.5, 0.6) is 0 Å². The lowest BCUT2D eigenvalue weighted by Gasteiger charge is -2.41. The molecule has 70 heavy (non-hydrogen) atoms. The summed E-state index contributed by atoms with van der Waals surface area (Å²) in [5, 5.41) is 18.9. The number of unbranched alkanes of at least 4 members (excludes halogenated alkanes) is 2. The molecule has 0 radical (unpaired) electrons. The molecule has 0 saturated heterocycles. The molecule has 0 heterocycles. The van der Waals surface area contributed by atoms with Gasteiger partial charge < -0.3 is 9.47 Å². The number of hydrogen-bond acceptors (Lipinski definition) is 8. The third kappa shape index (κ3) is 9.65. The summed E-state index contributed by atoms with van der Waals surface area (Å²) in [5.74, 6) is 0.496. The van der Waals surface area contributed by atoms with Gasteiger partial charge in [0.05, 0.1) is 18.0 Å². The molecule has 10 rings (SSSR count). The van der Waals surface area contributed by atoms with Gasteiger partial charge in [0.25, 0.3) is 0 Å². The van der Waals surface area contributed by atoms with Crippen molar-refractivity contribution in [2.45, 2.75) is 108 Å². The van der Waals surface area contributed by atoms with Crippen molar-refractivity contribution in [3.63, 3.8) is 0 Å². The van der Waals surface area contributed by atoms with Crippen molar-refractivity contribution in [1.29, 1.82) is 0 Å². The molecule has 0 aliphatic heterocycles. The number of hydrogen-bond donors (Lipinski definition) is 0. The Labute approximate surface area is 412 Å². The fourth-order valence-corrected chi connectivity index (χ4v) is 10.9. The number of rotatable bonds is 14. The Morgan fingerprint density at radius 1 is 0.557 bits per heavy atom. The van der Waals surface area contributed by atoms with Gasteiger partial charge in [-0.25, -0.2) is 9.59 Å². The molecule has 352 valence electrons. The van der Waals surface area contributed by atoms with E-state index in [0.29, 0.717) is 11.5 Å². The second-order valence-electron chi connectivity index (χ2n) is 19.7. The van der Waals surface area contributed by atoms with Crippen molar-refractivity contribution < 1.29 is 19.1 Å². The number of carbonyl (C=O) groups excluding carboxylic acids is 2. The maximum Gasteiger partial charge on any atom is 0.339 e. The molecule has 0 amide bonds. The van der Waals surface area contributed by atoms with Crippen LogP contribution in [0, 0.1) is 5.92 Å². The van der Waals surface area contributed by atoms with Gasteiger partial charge in [0.15, 0.2) is 0 Å². The van der Waals surface area contributed by atoms with Crippen LogP contribution >= 0.6 is 0 Å². The quantitative estimate of drug-likeness (QED) is 0.0356. The number of carbonyl (C=O) groups is 2. The van der Waals surface area contributed by atoms with Crippen LogP contribution in [-0.2, 0) is 14.3 Å². The molecule has 0 aromatic heterocycles. The highest BCUT2D eigenvalue weighted by molar-refractivity contribution is 6.25. The van der Waals surface area contributed by atoms with Gasteiger partial charge in [-0.2, -0.15) is 20.4 Å². The van der Waals surface area contributed by atoms with Crippen molar-refractivity contribution >= 4 is 35.8 Å². The van der Waals surface area contributed by atoms with E-state index in [4.69, 9.17) is 24.8 Å². The van der Waals surface area contributed by atoms with Crippen molar-refractivity contribution in [2.75, 3.05) is 0 Å². The first-order valence-corrected chi connectivity index (χ1v) is 25.2. The largest absolute Gasteiger partial charge is 0.450 e. The van der Waals surface area contributed by atoms with Crippen LogP contribution in [0.1, 0.15) is 135 Å². The smallest absolute Gasteiger partial charge is 0.339 e. The van der Waals surface area contributed by atoms with E-state index in [1.807, 2.05) is 84.9 Å². The summed E-state index contributed by atoms with van der Waals surface area (Å²) in [4.78, 5) is 27.6. The average Bonchev–Trinajstić information content (AvgIpc) is 3.89. The first-order chi connectivity index (χ1) is 34.2. The zero-order valence-corrected chi connectivity index (χ0v) is 40.3. The maximum absolute atomic E-state index is 14.3. The maximum atomic E-state index is 14.3. The highest BCUT2D eigenvalue weighted by Gasteiger charge is 2.47. The predicted molar refractivity (Wildman–Crippen MR) is 283 cm³/mol. The SMILES string of the molecule is C=C(C)C(=O)OC1(/C=N/N=C2c3ccccc3-c3ccccc32)CCC(/C=N/N=C2c3ccccc3-c3ccccc32)(OC(=O)c2ccc(-c3ccc(C4CCC(CCCCC)CC4)cc3)cc2)CC1. The number of benzene rings is 6. The van der Waals surface area contributed by atoms with Crippen molar-refractivity contribution in [3.8, 4) is 33.4 Å². The molecular formula is C62H60N4O4. The molecule has 6 aromatic rings. The van der Waals surface area contributed by atoms with Crippen molar-refractivity contribution in [2.24, 2.45) is 26.3 Å². The van der Waals surface area contributed by atoms with Crippen LogP contribution in [0.4, 0.5) is 0 Å². The number of nitrogens with zero attached hydrogens (tertiary/aromatic N) is 4. The first-order valence-electron chi connectivity index (χ1n) is 25.2. The van der Waals surface area contributed by atoms with Crippen LogP contribution in [0.3, 0.4) is 0 Å². The van der Waals surface area contributed by atoms with Crippen LogP contribution in [-0.4, -0.2) is 47.0 Å². The summed E-state index contributed by atoms with van der Waals surface area (Å²) in [7, 11) is 0. The van der Waals surface area contributed by atoms with Gasteiger partial charge in [0.1, 0.15) is 22.6 Å². The molecule has 8 heteroatoms. The van der Waals surface area contributed by atoms with Crippen LogP contribution in [0.25, 0.3) is 33.4 Å². The van der Waals surface area contributed by atoms with Gasteiger partial charge in [0.2, 0.25) is 0 Å². The van der Waals surface area contributed by atoms with Crippen LogP contribution in [0.2, 0.25) is 0 Å². The lowest BCUT2D eigenvalue weighted by Crippen LogP contribution is -2.49. The van der Waals surface area contributed by atoms with E-state index >= 15 is 0 Å². The molecule has 2 fully saturated rings. The molecule has 0 unspecified atom stereocenters. The second-order valence-corrected chi connectivity index (χ2v) is 19.7. The Morgan fingerprint density at radius 2 is 0.971 bits per heavy atom. The highest BCUT2D eigenvalue weighted by atomic mass is 16.6. The van der Waals surface area contributed by atoms with Gasteiger partial charge in [0, 0.05) is 27.8 Å². The Hall–Kier alpha value is -7.32. The third-order valence-electron chi connectivity index (χ3n) is 15.0. The Balaban J connectivity index is 0.906. The molecule has 0 bridgehead atoms. The summed E-state index contributed by atoms with van der Waals surface area (Å²) in [6.45, 7) is 7.77. The van der Waals surface area contributed by atoms with E-state index in [0.717, 1.165) is 73.0 Å². The van der Waals surface area contributed by atoms with Gasteiger partial charge in [-0.05, 0) is 121 Å². The molecule has 0 N–H and O–H groups in total.